The minimum Gasteiger partial charge on any atom is -0.477 e. The van der Waals surface area contributed by atoms with Crippen LogP contribution >= 0.6 is 0 Å². The first-order valence-corrected chi connectivity index (χ1v) is 41.9. The van der Waals surface area contributed by atoms with Crippen molar-refractivity contribution in [3.63, 3.8) is 0 Å². The van der Waals surface area contributed by atoms with Gasteiger partial charge in [-0.3, -0.25) is 24.2 Å². The molecule has 32 heteroatoms. The van der Waals surface area contributed by atoms with Gasteiger partial charge in [-0.15, -0.1) is 0 Å². The molecule has 11 aromatic heterocycles. The van der Waals surface area contributed by atoms with Gasteiger partial charge in [0.15, 0.2) is 28.9 Å². The molecule has 0 N–H and O–H groups in total. The number of amides is 4. The standard InChI is InChI=1S/C24H24FN5O2.C23H28N4O2.C22H22FN5O3.C21H20FN5O3/c1-14-4-3-9-26-21(14)19-7-5-15(2)29-22(19)23(31)30-18-6-8-20(30)16(10-18)13-32-24-27-11-17(25)12-28-24;1-16-7-9-20(26-12-4-5-13-26)22(25-16)23(28)27-18-8-10-19(27)17(14-18)15-29-21-6-2-3-11-24-21;1-12-3-5-17(19-7-13(2)27-31-19)20(26-12)21(29)28-16-4-6-18(28)14(8-16)11-30-22-24-9-15(23)10-25-22;1-12-2-4-16(19-23-6-7-29-19)18(26-12)20(28)27-15-3-5-17(27)13(8-15)11-30-21-24-9-14(22)10-25-21/h3-5,7,9,11-12,16,18,20H,6,8,10,13H2,1-2H3;2-3,6-7,9,11,17-19H,4-5,8,10,12-15H2,1H3;3,5,7,9-10,14,16,18H,4,6,8,11H2,1-2H3;2,4,6-7,9-10,13,15,17H,3,5,8,11H2,1H3. The van der Waals surface area contributed by atoms with Crippen molar-refractivity contribution < 1.29 is 60.2 Å². The summed E-state index contributed by atoms with van der Waals surface area (Å²) in [5.41, 5.74) is 10.6. The number of pyridine rings is 6. The molecule has 0 saturated carbocycles. The highest BCUT2D eigenvalue weighted by molar-refractivity contribution is 6.01. The minimum absolute atomic E-state index is 0.0539. The summed E-state index contributed by atoms with van der Waals surface area (Å²) in [6.07, 6.45) is 26.7. The molecular formula is C90H94F3N19O10. The van der Waals surface area contributed by atoms with Gasteiger partial charge < -0.3 is 52.4 Å². The maximum absolute atomic E-state index is 13.8. The molecule has 11 aromatic rings. The molecule has 4 amide bonds. The smallest absolute Gasteiger partial charge is 0.316 e. The third-order valence-corrected chi connectivity index (χ3v) is 24.9. The van der Waals surface area contributed by atoms with Gasteiger partial charge >= 0.3 is 18.0 Å². The van der Waals surface area contributed by atoms with E-state index in [2.05, 4.69) is 80.8 Å². The monoisotopic (exact) mass is 1660 g/mol. The summed E-state index contributed by atoms with van der Waals surface area (Å²) in [7, 11) is 0. The molecule has 0 aromatic carbocycles. The zero-order valence-electron chi connectivity index (χ0n) is 68.6. The molecule has 12 unspecified atom stereocenters. The second-order valence-electron chi connectivity index (χ2n) is 32.9. The number of oxazole rings is 1. The van der Waals surface area contributed by atoms with Crippen LogP contribution in [0, 0.1) is 82.7 Å². The van der Waals surface area contributed by atoms with Gasteiger partial charge in [0.25, 0.3) is 23.6 Å². The van der Waals surface area contributed by atoms with E-state index >= 15 is 0 Å². The molecule has 630 valence electrons. The van der Waals surface area contributed by atoms with Gasteiger partial charge in [0.1, 0.15) is 23.3 Å². The Balaban J connectivity index is 0.000000116. The highest BCUT2D eigenvalue weighted by Crippen LogP contribution is 2.48. The van der Waals surface area contributed by atoms with Crippen molar-refractivity contribution in [1.82, 2.24) is 89.5 Å². The van der Waals surface area contributed by atoms with Crippen LogP contribution in [0.5, 0.6) is 23.9 Å². The SMILES string of the molecule is Cc1cc(-c2ccc(C)nc2C(=O)N2C3CCC2C(COc2ncc(F)cn2)C3)on1.Cc1ccc(-c2ncccc2C)c(C(=O)N2C3CCC2C(COc2ncc(F)cn2)C3)n1.Cc1ccc(-c2ncco2)c(C(=O)N2C3CCC2C(COc2ncc(F)cn2)C3)n1.Cc1ccc(N2CCCC2)c(C(=O)N2C3CCC2C(COc2ccccn2)C3)n1. The molecule has 0 aliphatic carbocycles. The lowest BCUT2D eigenvalue weighted by atomic mass is 9.90. The van der Waals surface area contributed by atoms with Crippen molar-refractivity contribution in [1.29, 1.82) is 0 Å². The van der Waals surface area contributed by atoms with E-state index in [0.29, 0.717) is 89.8 Å². The van der Waals surface area contributed by atoms with Crippen LogP contribution in [-0.2, 0) is 0 Å². The summed E-state index contributed by atoms with van der Waals surface area (Å²) in [6, 6.07) is 28.4. The summed E-state index contributed by atoms with van der Waals surface area (Å²) in [4.78, 5) is 119. The number of anilines is 1. The molecule has 20 rings (SSSR count). The highest BCUT2D eigenvalue weighted by atomic mass is 19.1. The Labute approximate surface area is 702 Å². The lowest BCUT2D eigenvalue weighted by Crippen LogP contribution is -2.39. The van der Waals surface area contributed by atoms with Gasteiger partial charge in [0.05, 0.1) is 98.0 Å². The van der Waals surface area contributed by atoms with Gasteiger partial charge in [-0.1, -0.05) is 17.3 Å². The molecule has 122 heavy (non-hydrogen) atoms. The number of hydrogen-bond acceptors (Lipinski definition) is 25. The molecule has 12 atom stereocenters. The molecule has 9 aliphatic heterocycles. The fourth-order valence-electron chi connectivity index (χ4n) is 19.5. The van der Waals surface area contributed by atoms with Crippen LogP contribution in [-0.4, -0.2) is 201 Å². The normalized spacial score (nSPS) is 22.9. The molecule has 0 spiro atoms. The van der Waals surface area contributed by atoms with E-state index < -0.39 is 17.5 Å². The van der Waals surface area contributed by atoms with Crippen molar-refractivity contribution in [2.75, 3.05) is 44.4 Å². The van der Waals surface area contributed by atoms with Gasteiger partial charge in [0.2, 0.25) is 11.8 Å². The topological polar surface area (TPSA) is 328 Å². The zero-order valence-corrected chi connectivity index (χ0v) is 68.6. The number of rotatable bonds is 20. The largest absolute Gasteiger partial charge is 0.477 e. The first-order valence-electron chi connectivity index (χ1n) is 41.9. The Bertz CT molecular complexity index is 5560. The third-order valence-electron chi connectivity index (χ3n) is 24.9. The van der Waals surface area contributed by atoms with E-state index in [1.165, 1.54) is 19.1 Å². The number of aryl methyl sites for hydroxylation is 6. The van der Waals surface area contributed by atoms with Crippen LogP contribution in [0.1, 0.15) is 166 Å². The van der Waals surface area contributed by atoms with E-state index in [1.807, 2.05) is 129 Å². The number of hydrogen-bond donors (Lipinski definition) is 0. The minimum atomic E-state index is -0.508. The second-order valence-corrected chi connectivity index (χ2v) is 32.9. The average Bonchev–Trinajstić information content (AvgIpc) is 1.52. The van der Waals surface area contributed by atoms with Crippen LogP contribution in [0.3, 0.4) is 0 Å². The number of fused-ring (bicyclic) bond motifs is 8. The fraction of sp³-hybridized carbons (Fsp3) is 0.422. The molecule has 9 saturated heterocycles. The maximum Gasteiger partial charge on any atom is 0.316 e. The summed E-state index contributed by atoms with van der Waals surface area (Å²) in [5, 5.41) is 3.95. The van der Waals surface area contributed by atoms with E-state index in [4.69, 9.17) is 32.9 Å². The van der Waals surface area contributed by atoms with Gasteiger partial charge in [-0.05, 0) is 198 Å². The van der Waals surface area contributed by atoms with E-state index in [0.717, 1.165) is 178 Å². The lowest BCUT2D eigenvalue weighted by molar-refractivity contribution is 0.0695. The first kappa shape index (κ1) is 81.6. The van der Waals surface area contributed by atoms with Crippen molar-refractivity contribution in [3.8, 4) is 57.9 Å². The Kier molecular flexibility index (Phi) is 24.0. The van der Waals surface area contributed by atoms with Crippen molar-refractivity contribution >= 4 is 29.3 Å². The number of carbonyl (C=O) groups excluding carboxylic acids is 4. The van der Waals surface area contributed by atoms with Crippen LogP contribution in [0.25, 0.3) is 34.0 Å². The average molecular weight is 1660 g/mol. The molecule has 29 nitrogen and oxygen atoms in total. The van der Waals surface area contributed by atoms with Crippen LogP contribution in [0.2, 0.25) is 0 Å². The van der Waals surface area contributed by atoms with Crippen molar-refractivity contribution in [3.05, 3.63) is 221 Å². The molecule has 9 fully saturated rings. The fourth-order valence-corrected chi connectivity index (χ4v) is 19.5. The van der Waals surface area contributed by atoms with Crippen molar-refractivity contribution in [2.45, 2.75) is 180 Å². The quantitative estimate of drug-likeness (QED) is 0.0684. The summed E-state index contributed by atoms with van der Waals surface area (Å²) in [5.74, 6) is 0.761. The zero-order chi connectivity index (χ0) is 84.2. The van der Waals surface area contributed by atoms with E-state index in [1.54, 1.807) is 24.7 Å². The summed E-state index contributed by atoms with van der Waals surface area (Å²) in [6.45, 7) is 15.2. The van der Waals surface area contributed by atoms with Gasteiger partial charge in [-0.25, -0.2) is 73.0 Å². The molecular weight excluding hydrogens is 1560 g/mol. The number of halogens is 3. The van der Waals surface area contributed by atoms with Gasteiger partial charge in [-0.2, -0.15) is 0 Å². The van der Waals surface area contributed by atoms with Gasteiger partial charge in [0, 0.05) is 138 Å². The maximum atomic E-state index is 13.8. The second kappa shape index (κ2) is 35.9. The summed E-state index contributed by atoms with van der Waals surface area (Å²) < 4.78 is 72.8. The Morgan fingerprint density at radius 3 is 1.25 bits per heavy atom. The predicted molar refractivity (Wildman–Crippen MR) is 438 cm³/mol. The Morgan fingerprint density at radius 2 is 0.820 bits per heavy atom. The van der Waals surface area contributed by atoms with Crippen molar-refractivity contribution in [2.24, 2.45) is 23.7 Å². The number of carbonyl (C=O) groups is 4. The van der Waals surface area contributed by atoms with Crippen LogP contribution < -0.4 is 23.8 Å². The Morgan fingerprint density at radius 1 is 0.410 bits per heavy atom. The van der Waals surface area contributed by atoms with Crippen LogP contribution in [0.4, 0.5) is 18.9 Å². The lowest BCUT2D eigenvalue weighted by Gasteiger charge is -2.27. The van der Waals surface area contributed by atoms with E-state index in [-0.39, 0.29) is 102 Å². The molecule has 0 radical (unpaired) electrons. The van der Waals surface area contributed by atoms with Crippen LogP contribution in [0.15, 0.2) is 156 Å². The molecule has 8 bridgehead atoms. The molecule has 9 aliphatic rings. The number of aromatic nitrogens is 14. The number of nitrogens with zero attached hydrogens (tertiary/aromatic N) is 19. The first-order chi connectivity index (χ1) is 59.3. The molecule has 20 heterocycles. The summed E-state index contributed by atoms with van der Waals surface area (Å²) >= 11 is 0. The highest BCUT2D eigenvalue weighted by Gasteiger charge is 2.54. The Hall–Kier alpha value is -12.8. The number of ether oxygens (including phenoxy) is 4. The third kappa shape index (κ3) is 17.5. The van der Waals surface area contributed by atoms with E-state index in [9.17, 15) is 32.3 Å². The predicted octanol–water partition coefficient (Wildman–Crippen LogP) is 13.6.